The van der Waals surface area contributed by atoms with Crippen LogP contribution in [0.4, 0.5) is 15.0 Å². The van der Waals surface area contributed by atoms with Crippen molar-refractivity contribution in [3.63, 3.8) is 0 Å². The van der Waals surface area contributed by atoms with Gasteiger partial charge in [-0.15, -0.1) is 0 Å². The molecule has 2 atom stereocenters. The van der Waals surface area contributed by atoms with Crippen LogP contribution in [0.2, 0.25) is 0 Å². The van der Waals surface area contributed by atoms with E-state index in [1.54, 1.807) is 17.8 Å². The summed E-state index contributed by atoms with van der Waals surface area (Å²) >= 11 is 0. The molecular weight excluding hydrogens is 341 g/mol. The molecule has 26 heavy (non-hydrogen) atoms. The summed E-state index contributed by atoms with van der Waals surface area (Å²) in [6.45, 7) is 1.35. The van der Waals surface area contributed by atoms with Crippen molar-refractivity contribution >= 4 is 28.7 Å². The first kappa shape index (κ1) is 16.9. The average molecular weight is 361 g/mol. The van der Waals surface area contributed by atoms with Crippen LogP contribution >= 0.6 is 0 Å². The number of hydrogen-bond donors (Lipinski definition) is 3. The molecule has 2 fully saturated rings. The molecule has 2 saturated heterocycles. The number of aliphatic hydroxyl groups is 1. The number of nitrogens with one attached hydrogen (secondary N) is 2. The molecule has 0 unspecified atom stereocenters. The number of anilines is 1. The summed E-state index contributed by atoms with van der Waals surface area (Å²) in [6.07, 6.45) is 0.165. The molecule has 3 heterocycles. The van der Waals surface area contributed by atoms with Gasteiger partial charge in [0.05, 0.1) is 11.6 Å². The van der Waals surface area contributed by atoms with E-state index in [4.69, 9.17) is 0 Å². The van der Waals surface area contributed by atoms with Crippen LogP contribution in [0.15, 0.2) is 12.1 Å². The highest BCUT2D eigenvalue weighted by Crippen LogP contribution is 2.34. The predicted molar refractivity (Wildman–Crippen MR) is 92.4 cm³/mol. The van der Waals surface area contributed by atoms with Crippen molar-refractivity contribution in [2.75, 3.05) is 24.5 Å². The molecule has 0 aliphatic carbocycles. The van der Waals surface area contributed by atoms with Gasteiger partial charge in [0.2, 0.25) is 5.91 Å². The lowest BCUT2D eigenvalue weighted by molar-refractivity contribution is -0.120. The second-order valence-electron chi connectivity index (χ2n) is 6.76. The van der Waals surface area contributed by atoms with E-state index in [0.29, 0.717) is 35.2 Å². The van der Waals surface area contributed by atoms with Crippen molar-refractivity contribution in [2.24, 2.45) is 7.05 Å². The van der Waals surface area contributed by atoms with Crippen LogP contribution in [0.5, 0.6) is 0 Å². The molecule has 0 radical (unpaired) electrons. The molecule has 1 aromatic heterocycles. The minimum absolute atomic E-state index is 0.172. The van der Waals surface area contributed by atoms with Gasteiger partial charge in [0.25, 0.3) is 0 Å². The fraction of sp³-hybridized carbons (Fsp3) is 0.471. The van der Waals surface area contributed by atoms with Gasteiger partial charge in [-0.05, 0) is 30.7 Å². The van der Waals surface area contributed by atoms with E-state index in [2.05, 4.69) is 15.7 Å². The molecule has 8 nitrogen and oxygen atoms in total. The average Bonchev–Trinajstić information content (AvgIpc) is 2.91. The Morgan fingerprint density at radius 3 is 2.88 bits per heavy atom. The smallest absolute Gasteiger partial charge is 0.329 e. The number of urea groups is 1. The number of amides is 3. The molecular formula is C17H20FN5O3. The maximum absolute atomic E-state index is 14.9. The number of aromatic nitrogens is 2. The number of aliphatic hydroxyl groups excluding tert-OH is 1. The topological polar surface area (TPSA) is 99.5 Å². The van der Waals surface area contributed by atoms with Gasteiger partial charge in [-0.3, -0.25) is 19.7 Å². The number of β-amino-alcohol motifs (C(OH)–C–C–N with tert-alkyl or cyclic N) is 1. The Hall–Kier alpha value is -2.52. The van der Waals surface area contributed by atoms with Gasteiger partial charge in [-0.1, -0.05) is 0 Å². The Balaban J connectivity index is 1.77. The predicted octanol–water partition coefficient (Wildman–Crippen LogP) is 0.596. The first-order chi connectivity index (χ1) is 12.5. The van der Waals surface area contributed by atoms with E-state index in [9.17, 15) is 19.1 Å². The number of carbonyl (C=O) groups excluding carboxylic acids is 2. The van der Waals surface area contributed by atoms with E-state index < -0.39 is 18.0 Å². The van der Waals surface area contributed by atoms with Gasteiger partial charge in [0.15, 0.2) is 5.82 Å². The molecule has 2 aromatic rings. The van der Waals surface area contributed by atoms with Crippen LogP contribution in [-0.2, 0) is 11.8 Å². The maximum atomic E-state index is 14.9. The summed E-state index contributed by atoms with van der Waals surface area (Å²) in [5.74, 6) is -0.718. The number of hydrogen-bond acceptors (Lipinski definition) is 5. The zero-order valence-electron chi connectivity index (χ0n) is 14.3. The summed E-state index contributed by atoms with van der Waals surface area (Å²) in [4.78, 5) is 24.8. The highest BCUT2D eigenvalue weighted by molar-refractivity contribution is 6.08. The molecule has 3 amide bonds. The summed E-state index contributed by atoms with van der Waals surface area (Å²) in [6, 6.07) is 2.51. The molecule has 3 N–H and O–H groups in total. The minimum atomic E-state index is -0.651. The highest BCUT2D eigenvalue weighted by atomic mass is 19.1. The summed E-state index contributed by atoms with van der Waals surface area (Å²) < 4.78 is 16.4. The van der Waals surface area contributed by atoms with E-state index in [1.165, 1.54) is 11.0 Å². The SMILES string of the molecule is Cn1nc(N2CCC(=O)NC2=O)c2cc(F)c([C@H]3CCNC[C@H]3O)cc21. The monoisotopic (exact) mass is 361 g/mol. The molecule has 2 aliphatic rings. The van der Waals surface area contributed by atoms with Crippen molar-refractivity contribution < 1.29 is 19.1 Å². The van der Waals surface area contributed by atoms with Crippen molar-refractivity contribution in [2.45, 2.75) is 24.9 Å². The Labute approximate surface area is 149 Å². The number of benzene rings is 1. The summed E-state index contributed by atoms with van der Waals surface area (Å²) in [5.41, 5.74) is 1.13. The molecule has 0 spiro atoms. The van der Waals surface area contributed by atoms with Crippen molar-refractivity contribution in [1.29, 1.82) is 0 Å². The standard InChI is InChI=1S/C17H20FN5O3/c1-22-13-7-10(9-2-4-19-8-14(9)24)12(18)6-11(13)16(21-22)23-5-3-15(25)20-17(23)26/h6-7,9,14,19,24H,2-5,8H2,1H3,(H,20,25,26)/t9-,14-/m1/s1. The van der Waals surface area contributed by atoms with Gasteiger partial charge in [0.1, 0.15) is 5.82 Å². The van der Waals surface area contributed by atoms with E-state index in [0.717, 1.165) is 6.54 Å². The number of nitrogens with zero attached hydrogens (tertiary/aromatic N) is 3. The van der Waals surface area contributed by atoms with Gasteiger partial charge < -0.3 is 10.4 Å². The number of imide groups is 1. The minimum Gasteiger partial charge on any atom is -0.391 e. The van der Waals surface area contributed by atoms with Gasteiger partial charge in [-0.2, -0.15) is 5.10 Å². The van der Waals surface area contributed by atoms with Crippen molar-refractivity contribution in [3.05, 3.63) is 23.5 Å². The third kappa shape index (κ3) is 2.73. The van der Waals surface area contributed by atoms with Crippen LogP contribution < -0.4 is 15.5 Å². The van der Waals surface area contributed by atoms with Crippen molar-refractivity contribution in [1.82, 2.24) is 20.4 Å². The number of aryl methyl sites for hydroxylation is 1. The Morgan fingerprint density at radius 1 is 1.35 bits per heavy atom. The first-order valence-electron chi connectivity index (χ1n) is 8.62. The van der Waals surface area contributed by atoms with E-state index in [-0.39, 0.29) is 24.8 Å². The zero-order chi connectivity index (χ0) is 18.4. The van der Waals surface area contributed by atoms with Crippen LogP contribution in [0.1, 0.15) is 24.3 Å². The lowest BCUT2D eigenvalue weighted by atomic mass is 9.87. The van der Waals surface area contributed by atoms with Gasteiger partial charge in [0, 0.05) is 37.9 Å². The van der Waals surface area contributed by atoms with Gasteiger partial charge >= 0.3 is 6.03 Å². The largest absolute Gasteiger partial charge is 0.391 e. The normalized spacial score (nSPS) is 24.2. The second-order valence-corrected chi connectivity index (χ2v) is 6.76. The summed E-state index contributed by atoms with van der Waals surface area (Å²) in [7, 11) is 1.72. The van der Waals surface area contributed by atoms with Crippen molar-refractivity contribution in [3.8, 4) is 0 Å². The Kier molecular flexibility index (Phi) is 4.12. The summed E-state index contributed by atoms with van der Waals surface area (Å²) in [5, 5.41) is 20.4. The number of fused-ring (bicyclic) bond motifs is 1. The molecule has 0 bridgehead atoms. The Bertz CT molecular complexity index is 896. The Morgan fingerprint density at radius 2 is 2.15 bits per heavy atom. The lowest BCUT2D eigenvalue weighted by Crippen LogP contribution is -2.49. The molecule has 1 aromatic carbocycles. The fourth-order valence-electron chi connectivity index (χ4n) is 3.73. The second kappa shape index (κ2) is 6.33. The van der Waals surface area contributed by atoms with Crippen LogP contribution in [-0.4, -0.2) is 52.6 Å². The fourth-order valence-corrected chi connectivity index (χ4v) is 3.73. The third-order valence-corrected chi connectivity index (χ3v) is 5.11. The van der Waals surface area contributed by atoms with Crippen LogP contribution in [0.25, 0.3) is 10.9 Å². The van der Waals surface area contributed by atoms with E-state index >= 15 is 0 Å². The number of carbonyl (C=O) groups is 2. The quantitative estimate of drug-likeness (QED) is 0.727. The van der Waals surface area contributed by atoms with E-state index in [1.807, 2.05) is 0 Å². The molecule has 2 aliphatic heterocycles. The van der Waals surface area contributed by atoms with Crippen LogP contribution in [0.3, 0.4) is 0 Å². The molecule has 9 heteroatoms. The number of rotatable bonds is 2. The number of piperidine rings is 1. The first-order valence-corrected chi connectivity index (χ1v) is 8.62. The molecule has 4 rings (SSSR count). The van der Waals surface area contributed by atoms with Crippen LogP contribution in [0, 0.1) is 5.82 Å². The maximum Gasteiger partial charge on any atom is 0.329 e. The molecule has 138 valence electrons. The third-order valence-electron chi connectivity index (χ3n) is 5.11. The lowest BCUT2D eigenvalue weighted by Gasteiger charge is -2.29. The zero-order valence-corrected chi connectivity index (χ0v) is 14.3. The van der Waals surface area contributed by atoms with Gasteiger partial charge in [-0.25, -0.2) is 9.18 Å². The highest BCUT2D eigenvalue weighted by Gasteiger charge is 2.31. The molecule has 0 saturated carbocycles. The number of halogens is 1.